The standard InChI is InChI=1S/C12H16N2O3S2/c1-9-4-2-3-5-11(9)19(15,16)14-6-7-17-10(8-14)12(13)18/h2-5,10H,6-8H2,1H3,(H2,13,18). The maximum Gasteiger partial charge on any atom is 0.243 e. The minimum atomic E-state index is -3.52. The molecule has 1 unspecified atom stereocenters. The van der Waals surface area contributed by atoms with Crippen LogP contribution in [0.5, 0.6) is 0 Å². The summed E-state index contributed by atoms with van der Waals surface area (Å²) in [6.07, 6.45) is -0.512. The summed E-state index contributed by atoms with van der Waals surface area (Å²) in [6.45, 7) is 2.56. The smallest absolute Gasteiger partial charge is 0.243 e. The number of sulfonamides is 1. The zero-order chi connectivity index (χ0) is 14.0. The van der Waals surface area contributed by atoms with Crippen LogP contribution in [0.3, 0.4) is 0 Å². The van der Waals surface area contributed by atoms with Crippen molar-refractivity contribution in [3.8, 4) is 0 Å². The molecule has 0 amide bonds. The number of morpholine rings is 1. The van der Waals surface area contributed by atoms with Gasteiger partial charge in [0.05, 0.1) is 11.5 Å². The van der Waals surface area contributed by atoms with E-state index in [0.717, 1.165) is 5.56 Å². The van der Waals surface area contributed by atoms with Crippen molar-refractivity contribution in [3.05, 3.63) is 29.8 Å². The molecule has 19 heavy (non-hydrogen) atoms. The fourth-order valence-electron chi connectivity index (χ4n) is 2.00. The third kappa shape index (κ3) is 2.94. The second kappa shape index (κ2) is 5.54. The quantitative estimate of drug-likeness (QED) is 0.831. The summed E-state index contributed by atoms with van der Waals surface area (Å²) in [6, 6.07) is 6.91. The van der Waals surface area contributed by atoms with E-state index in [1.165, 1.54) is 4.31 Å². The first-order valence-corrected chi connectivity index (χ1v) is 7.74. The Kier molecular flexibility index (Phi) is 4.19. The third-order valence-corrected chi connectivity index (χ3v) is 5.35. The predicted molar refractivity (Wildman–Crippen MR) is 76.5 cm³/mol. The molecule has 0 radical (unpaired) electrons. The molecule has 2 N–H and O–H groups in total. The van der Waals surface area contributed by atoms with Crippen LogP contribution in [0, 0.1) is 6.92 Å². The van der Waals surface area contributed by atoms with E-state index in [0.29, 0.717) is 18.0 Å². The Morgan fingerprint density at radius 1 is 1.47 bits per heavy atom. The number of ether oxygens (including phenoxy) is 1. The molecule has 1 atom stereocenters. The van der Waals surface area contributed by atoms with Crippen molar-refractivity contribution >= 4 is 27.2 Å². The van der Waals surface area contributed by atoms with Gasteiger partial charge in [-0.1, -0.05) is 30.4 Å². The van der Waals surface area contributed by atoms with Gasteiger partial charge in [-0.3, -0.25) is 0 Å². The number of nitrogens with zero attached hydrogens (tertiary/aromatic N) is 1. The highest BCUT2D eigenvalue weighted by Gasteiger charge is 2.32. The summed E-state index contributed by atoms with van der Waals surface area (Å²) in [7, 11) is -3.52. The van der Waals surface area contributed by atoms with Gasteiger partial charge in [-0.05, 0) is 18.6 Å². The van der Waals surface area contributed by atoms with Crippen molar-refractivity contribution in [2.24, 2.45) is 5.73 Å². The molecule has 1 heterocycles. The minimum absolute atomic E-state index is 0.173. The lowest BCUT2D eigenvalue weighted by atomic mass is 10.2. The molecule has 0 aliphatic carbocycles. The second-order valence-electron chi connectivity index (χ2n) is 4.39. The molecule has 1 aromatic carbocycles. The normalized spacial score (nSPS) is 21.2. The molecular formula is C12H16N2O3S2. The first kappa shape index (κ1) is 14.4. The van der Waals surface area contributed by atoms with Crippen molar-refractivity contribution in [3.63, 3.8) is 0 Å². The topological polar surface area (TPSA) is 72.6 Å². The second-order valence-corrected chi connectivity index (χ2v) is 6.77. The van der Waals surface area contributed by atoms with Crippen LogP contribution < -0.4 is 5.73 Å². The number of nitrogens with two attached hydrogens (primary N) is 1. The van der Waals surface area contributed by atoms with E-state index in [1.54, 1.807) is 25.1 Å². The number of hydrogen-bond acceptors (Lipinski definition) is 4. The molecule has 0 spiro atoms. The van der Waals surface area contributed by atoms with Gasteiger partial charge in [-0.25, -0.2) is 8.42 Å². The van der Waals surface area contributed by atoms with Gasteiger partial charge in [0.15, 0.2) is 0 Å². The van der Waals surface area contributed by atoms with Gasteiger partial charge in [-0.2, -0.15) is 4.31 Å². The van der Waals surface area contributed by atoms with E-state index < -0.39 is 16.1 Å². The number of hydrogen-bond donors (Lipinski definition) is 1. The lowest BCUT2D eigenvalue weighted by molar-refractivity contribution is 0.0386. The molecule has 1 aliphatic rings. The molecule has 1 fully saturated rings. The SMILES string of the molecule is Cc1ccccc1S(=O)(=O)N1CCOC(C(N)=S)C1. The van der Waals surface area contributed by atoms with Crippen molar-refractivity contribution < 1.29 is 13.2 Å². The zero-order valence-electron chi connectivity index (χ0n) is 10.6. The third-order valence-electron chi connectivity index (χ3n) is 3.06. The van der Waals surface area contributed by atoms with Gasteiger partial charge >= 0.3 is 0 Å². The molecule has 104 valence electrons. The van der Waals surface area contributed by atoms with E-state index in [4.69, 9.17) is 22.7 Å². The van der Waals surface area contributed by atoms with Crippen LogP contribution in [-0.4, -0.2) is 43.5 Å². The van der Waals surface area contributed by atoms with Gasteiger partial charge in [0.1, 0.15) is 11.1 Å². The number of rotatable bonds is 3. The molecule has 2 rings (SSSR count). The molecular weight excluding hydrogens is 284 g/mol. The maximum absolute atomic E-state index is 12.6. The van der Waals surface area contributed by atoms with Gasteiger partial charge in [0.25, 0.3) is 0 Å². The summed E-state index contributed by atoms with van der Waals surface area (Å²) in [5.74, 6) is 0. The highest BCUT2D eigenvalue weighted by Crippen LogP contribution is 2.21. The lowest BCUT2D eigenvalue weighted by Crippen LogP contribution is -2.49. The maximum atomic E-state index is 12.6. The van der Waals surface area contributed by atoms with Crippen LogP contribution in [0.25, 0.3) is 0 Å². The van der Waals surface area contributed by atoms with Gasteiger partial charge < -0.3 is 10.5 Å². The van der Waals surface area contributed by atoms with Crippen LogP contribution >= 0.6 is 12.2 Å². The van der Waals surface area contributed by atoms with E-state index in [2.05, 4.69) is 0 Å². The Labute approximate surface area is 118 Å². The predicted octanol–water partition coefficient (Wildman–Crippen LogP) is 0.671. The molecule has 7 heteroatoms. The van der Waals surface area contributed by atoms with Crippen LogP contribution in [0.1, 0.15) is 5.56 Å². The first-order valence-electron chi connectivity index (χ1n) is 5.89. The molecule has 0 saturated carbocycles. The average Bonchev–Trinajstić information content (AvgIpc) is 2.39. The van der Waals surface area contributed by atoms with E-state index in [9.17, 15) is 8.42 Å². The summed E-state index contributed by atoms with van der Waals surface area (Å²) in [5.41, 5.74) is 6.25. The van der Waals surface area contributed by atoms with Crippen LogP contribution in [0.4, 0.5) is 0 Å². The van der Waals surface area contributed by atoms with Crippen molar-refractivity contribution in [2.75, 3.05) is 19.7 Å². The number of aryl methyl sites for hydroxylation is 1. The molecule has 0 bridgehead atoms. The Bertz CT molecular complexity index is 586. The molecule has 1 aliphatic heterocycles. The van der Waals surface area contributed by atoms with Crippen LogP contribution in [0.15, 0.2) is 29.2 Å². The largest absolute Gasteiger partial charge is 0.391 e. The highest BCUT2D eigenvalue weighted by molar-refractivity contribution is 7.89. The van der Waals surface area contributed by atoms with Crippen molar-refractivity contribution in [1.29, 1.82) is 0 Å². The van der Waals surface area contributed by atoms with Gasteiger partial charge in [0.2, 0.25) is 10.0 Å². The van der Waals surface area contributed by atoms with Crippen LogP contribution in [0.2, 0.25) is 0 Å². The monoisotopic (exact) mass is 300 g/mol. The Hall–Kier alpha value is -1.02. The van der Waals surface area contributed by atoms with E-state index in [-0.39, 0.29) is 11.5 Å². The summed E-state index contributed by atoms with van der Waals surface area (Å²) in [4.78, 5) is 0.503. The molecule has 0 aromatic heterocycles. The fraction of sp³-hybridized carbons (Fsp3) is 0.417. The number of thiocarbonyl (C=S) groups is 1. The summed E-state index contributed by atoms with van der Waals surface area (Å²) >= 11 is 4.87. The number of benzene rings is 1. The van der Waals surface area contributed by atoms with Gasteiger partial charge in [-0.15, -0.1) is 0 Å². The Morgan fingerprint density at radius 3 is 2.79 bits per heavy atom. The zero-order valence-corrected chi connectivity index (χ0v) is 12.2. The Balaban J connectivity index is 2.30. The van der Waals surface area contributed by atoms with E-state index in [1.807, 2.05) is 6.07 Å². The summed E-state index contributed by atoms with van der Waals surface area (Å²) < 4.78 is 31.9. The summed E-state index contributed by atoms with van der Waals surface area (Å²) in [5, 5.41) is 0. The van der Waals surface area contributed by atoms with Crippen molar-refractivity contribution in [2.45, 2.75) is 17.9 Å². The van der Waals surface area contributed by atoms with Gasteiger partial charge in [0, 0.05) is 13.1 Å². The average molecular weight is 300 g/mol. The minimum Gasteiger partial charge on any atom is -0.391 e. The van der Waals surface area contributed by atoms with E-state index >= 15 is 0 Å². The van der Waals surface area contributed by atoms with Crippen molar-refractivity contribution in [1.82, 2.24) is 4.31 Å². The molecule has 5 nitrogen and oxygen atoms in total. The van der Waals surface area contributed by atoms with Crippen LogP contribution in [-0.2, 0) is 14.8 Å². The highest BCUT2D eigenvalue weighted by atomic mass is 32.2. The lowest BCUT2D eigenvalue weighted by Gasteiger charge is -2.31. The molecule has 1 saturated heterocycles. The first-order chi connectivity index (χ1) is 8.93. The fourth-order valence-corrected chi connectivity index (χ4v) is 3.79. The molecule has 1 aromatic rings. The Morgan fingerprint density at radius 2 is 2.16 bits per heavy atom.